The Morgan fingerprint density at radius 2 is 1.96 bits per heavy atom. The van der Waals surface area contributed by atoms with Crippen LogP contribution in [-0.4, -0.2) is 17.1 Å². The number of nitrogens with one attached hydrogen (secondary N) is 2. The van der Waals surface area contributed by atoms with Gasteiger partial charge in [0.1, 0.15) is 5.69 Å². The number of H-pyrrole nitrogens is 1. The normalized spacial score (nSPS) is 10.8. The highest BCUT2D eigenvalue weighted by atomic mass is 35.5. The van der Waals surface area contributed by atoms with Gasteiger partial charge in [-0.3, -0.25) is 4.79 Å². The molecule has 5 nitrogen and oxygen atoms in total. The lowest BCUT2D eigenvalue weighted by Crippen LogP contribution is -2.18. The molecule has 3 aromatic rings. The fourth-order valence-electron chi connectivity index (χ4n) is 2.13. The van der Waals surface area contributed by atoms with E-state index in [2.05, 4.69) is 15.5 Å². The molecule has 0 unspecified atom stereocenters. The Morgan fingerprint density at radius 3 is 2.65 bits per heavy atom. The number of hydrogen-bond donors (Lipinski definition) is 2. The molecule has 0 aliphatic carbocycles. The summed E-state index contributed by atoms with van der Waals surface area (Å²) in [5.74, 6) is -0.420. The number of hydrogen-bond acceptors (Lipinski definition) is 3. The molecule has 112 valence electrons. The predicted octanol–water partition coefficient (Wildman–Crippen LogP) is 3.46. The van der Waals surface area contributed by atoms with Crippen LogP contribution in [-0.2, 0) is 0 Å². The maximum atomic E-state index is 12.1. The Labute approximate surface area is 137 Å². The molecule has 1 heterocycles. The van der Waals surface area contributed by atoms with E-state index in [1.807, 2.05) is 30.3 Å². The lowest BCUT2D eigenvalue weighted by atomic mass is 10.2. The summed E-state index contributed by atoms with van der Waals surface area (Å²) in [4.78, 5) is 15.1. The molecule has 0 aliphatic heterocycles. The van der Waals surface area contributed by atoms with Crippen LogP contribution < -0.4 is 5.43 Å². The maximum Gasteiger partial charge on any atom is 0.289 e. The molecule has 0 aliphatic rings. The van der Waals surface area contributed by atoms with Crippen molar-refractivity contribution in [2.75, 3.05) is 0 Å². The maximum absolute atomic E-state index is 12.1. The minimum absolute atomic E-state index is 0.268. The molecular weight excluding hydrogens is 312 g/mol. The van der Waals surface area contributed by atoms with Gasteiger partial charge >= 0.3 is 0 Å². The van der Waals surface area contributed by atoms with E-state index in [9.17, 15) is 4.79 Å². The highest BCUT2D eigenvalue weighted by Crippen LogP contribution is 2.26. The number of benzene rings is 2. The predicted molar refractivity (Wildman–Crippen MR) is 89.5 cm³/mol. The molecular formula is C17H11ClN4O. The summed E-state index contributed by atoms with van der Waals surface area (Å²) in [6.45, 7) is 0. The molecule has 0 fully saturated rings. The summed E-state index contributed by atoms with van der Waals surface area (Å²) in [7, 11) is 0. The Kier molecular flexibility index (Phi) is 4.09. The first kappa shape index (κ1) is 14.8. The molecule has 0 atom stereocenters. The third-order valence-corrected chi connectivity index (χ3v) is 3.68. The second kappa shape index (κ2) is 6.34. The summed E-state index contributed by atoms with van der Waals surface area (Å²) in [6, 6.07) is 16.3. The zero-order valence-corrected chi connectivity index (χ0v) is 12.6. The lowest BCUT2D eigenvalue weighted by Gasteiger charge is -1.98. The SMILES string of the molecule is N#Cc1ccc(/C=N/NC(=O)c2[nH]c3ccccc3c2Cl)cc1. The molecule has 0 radical (unpaired) electrons. The number of amides is 1. The molecule has 2 N–H and O–H groups in total. The standard InChI is InChI=1S/C17H11ClN4O/c18-15-13-3-1-2-4-14(13)21-16(15)17(23)22-20-10-12-7-5-11(9-19)6-8-12/h1-8,10,21H,(H,22,23)/b20-10+. The van der Waals surface area contributed by atoms with Crippen molar-refractivity contribution in [3.63, 3.8) is 0 Å². The van der Waals surface area contributed by atoms with Crippen LogP contribution in [0.1, 0.15) is 21.6 Å². The number of nitriles is 1. The van der Waals surface area contributed by atoms with Crippen LogP contribution in [0, 0.1) is 11.3 Å². The monoisotopic (exact) mass is 322 g/mol. The average molecular weight is 323 g/mol. The van der Waals surface area contributed by atoms with E-state index >= 15 is 0 Å². The number of carbonyl (C=O) groups is 1. The molecule has 2 aromatic carbocycles. The van der Waals surface area contributed by atoms with Crippen LogP contribution in [0.15, 0.2) is 53.6 Å². The van der Waals surface area contributed by atoms with Gasteiger partial charge in [0, 0.05) is 10.9 Å². The van der Waals surface area contributed by atoms with E-state index in [0.29, 0.717) is 10.6 Å². The molecule has 6 heteroatoms. The van der Waals surface area contributed by atoms with Crippen molar-refractivity contribution in [2.45, 2.75) is 0 Å². The number of hydrazone groups is 1. The second-order valence-corrected chi connectivity index (χ2v) is 5.17. The number of aromatic amines is 1. The van der Waals surface area contributed by atoms with Crippen molar-refractivity contribution in [3.05, 3.63) is 70.4 Å². The van der Waals surface area contributed by atoms with Crippen molar-refractivity contribution < 1.29 is 4.79 Å². The van der Waals surface area contributed by atoms with Gasteiger partial charge in [-0.25, -0.2) is 5.43 Å². The number of fused-ring (bicyclic) bond motifs is 1. The number of para-hydroxylation sites is 1. The van der Waals surface area contributed by atoms with E-state index in [1.54, 1.807) is 24.3 Å². The summed E-state index contributed by atoms with van der Waals surface area (Å²) >= 11 is 6.21. The number of nitrogens with zero attached hydrogens (tertiary/aromatic N) is 2. The number of rotatable bonds is 3. The minimum Gasteiger partial charge on any atom is -0.349 e. The van der Waals surface area contributed by atoms with Crippen molar-refractivity contribution in [1.29, 1.82) is 5.26 Å². The van der Waals surface area contributed by atoms with Gasteiger partial charge < -0.3 is 4.98 Å². The fraction of sp³-hybridized carbons (Fsp3) is 0. The zero-order valence-electron chi connectivity index (χ0n) is 11.9. The Hall–Kier alpha value is -3.10. The Morgan fingerprint density at radius 1 is 1.22 bits per heavy atom. The third-order valence-electron chi connectivity index (χ3n) is 3.29. The summed E-state index contributed by atoms with van der Waals surface area (Å²) < 4.78 is 0. The first-order valence-corrected chi connectivity index (χ1v) is 7.16. The summed E-state index contributed by atoms with van der Waals surface area (Å²) in [6.07, 6.45) is 1.50. The van der Waals surface area contributed by atoms with Crippen molar-refractivity contribution >= 4 is 34.6 Å². The quantitative estimate of drug-likeness (QED) is 0.572. The van der Waals surface area contributed by atoms with Crippen molar-refractivity contribution in [2.24, 2.45) is 5.10 Å². The third kappa shape index (κ3) is 3.07. The van der Waals surface area contributed by atoms with Gasteiger partial charge in [-0.2, -0.15) is 10.4 Å². The van der Waals surface area contributed by atoms with Crippen LogP contribution in [0.2, 0.25) is 5.02 Å². The van der Waals surface area contributed by atoms with E-state index in [0.717, 1.165) is 16.5 Å². The van der Waals surface area contributed by atoms with E-state index < -0.39 is 5.91 Å². The minimum atomic E-state index is -0.420. The van der Waals surface area contributed by atoms with Gasteiger partial charge in [0.25, 0.3) is 5.91 Å². The van der Waals surface area contributed by atoms with Gasteiger partial charge in [-0.15, -0.1) is 0 Å². The molecule has 0 bridgehead atoms. The molecule has 23 heavy (non-hydrogen) atoms. The van der Waals surface area contributed by atoms with E-state index in [-0.39, 0.29) is 5.69 Å². The second-order valence-electron chi connectivity index (χ2n) is 4.79. The van der Waals surface area contributed by atoms with E-state index in [4.69, 9.17) is 16.9 Å². The number of carbonyl (C=O) groups excluding carboxylic acids is 1. The summed E-state index contributed by atoms with van der Waals surface area (Å²) in [5, 5.41) is 13.8. The molecule has 0 saturated carbocycles. The smallest absolute Gasteiger partial charge is 0.289 e. The first-order valence-electron chi connectivity index (χ1n) is 6.79. The van der Waals surface area contributed by atoms with Crippen molar-refractivity contribution in [3.8, 4) is 6.07 Å². The molecule has 3 rings (SSSR count). The lowest BCUT2D eigenvalue weighted by molar-refractivity contribution is 0.0951. The molecule has 0 saturated heterocycles. The highest BCUT2D eigenvalue weighted by molar-refractivity contribution is 6.38. The van der Waals surface area contributed by atoms with Gasteiger partial charge in [-0.1, -0.05) is 41.9 Å². The fourth-order valence-corrected chi connectivity index (χ4v) is 2.43. The Bertz CT molecular complexity index is 935. The molecule has 1 aromatic heterocycles. The summed E-state index contributed by atoms with van der Waals surface area (Å²) in [5.41, 5.74) is 4.82. The van der Waals surface area contributed by atoms with Crippen LogP contribution in [0.4, 0.5) is 0 Å². The van der Waals surface area contributed by atoms with Gasteiger partial charge in [0.2, 0.25) is 0 Å². The Balaban J connectivity index is 1.74. The molecule has 1 amide bonds. The average Bonchev–Trinajstić information content (AvgIpc) is 2.93. The highest BCUT2D eigenvalue weighted by Gasteiger charge is 2.15. The van der Waals surface area contributed by atoms with Crippen LogP contribution in [0.5, 0.6) is 0 Å². The van der Waals surface area contributed by atoms with Crippen molar-refractivity contribution in [1.82, 2.24) is 10.4 Å². The number of aromatic nitrogens is 1. The van der Waals surface area contributed by atoms with Crippen LogP contribution >= 0.6 is 11.6 Å². The van der Waals surface area contributed by atoms with Gasteiger partial charge in [0.05, 0.1) is 22.9 Å². The zero-order chi connectivity index (χ0) is 16.2. The topological polar surface area (TPSA) is 81.0 Å². The van der Waals surface area contributed by atoms with E-state index in [1.165, 1.54) is 6.21 Å². The van der Waals surface area contributed by atoms with Crippen LogP contribution in [0.3, 0.4) is 0 Å². The van der Waals surface area contributed by atoms with Gasteiger partial charge in [0.15, 0.2) is 0 Å². The molecule has 0 spiro atoms. The largest absolute Gasteiger partial charge is 0.349 e. The first-order chi connectivity index (χ1) is 11.2. The number of halogens is 1. The van der Waals surface area contributed by atoms with Gasteiger partial charge in [-0.05, 0) is 23.8 Å². The van der Waals surface area contributed by atoms with Crippen LogP contribution in [0.25, 0.3) is 10.9 Å².